The van der Waals surface area contributed by atoms with Gasteiger partial charge in [0.1, 0.15) is 0 Å². The summed E-state index contributed by atoms with van der Waals surface area (Å²) in [5, 5.41) is 3.24. The predicted octanol–water partition coefficient (Wildman–Crippen LogP) is 3.54. The number of esters is 1. The van der Waals surface area contributed by atoms with E-state index in [1.54, 1.807) is 30.0 Å². The number of carbonyl (C=O) groups excluding carboxylic acids is 2. The van der Waals surface area contributed by atoms with Crippen LogP contribution in [0.1, 0.15) is 15.9 Å². The summed E-state index contributed by atoms with van der Waals surface area (Å²) in [6.07, 6.45) is 1.96. The maximum Gasteiger partial charge on any atom is 0.338 e. The zero-order valence-corrected chi connectivity index (χ0v) is 14.1. The summed E-state index contributed by atoms with van der Waals surface area (Å²) in [6.45, 7) is -0.0357. The number of amides is 1. The van der Waals surface area contributed by atoms with Crippen LogP contribution in [0.5, 0.6) is 0 Å². The largest absolute Gasteiger partial charge is 0.452 e. The number of halogens is 1. The summed E-state index contributed by atoms with van der Waals surface area (Å²) in [5.41, 5.74) is 1.23. The van der Waals surface area contributed by atoms with E-state index in [4.69, 9.17) is 16.3 Å². The third-order valence-electron chi connectivity index (χ3n) is 3.09. The number of hydrogen-bond acceptors (Lipinski definition) is 4. The summed E-state index contributed by atoms with van der Waals surface area (Å²) in [5.74, 6) is -0.899. The molecular weight excluding hydrogens is 334 g/mol. The van der Waals surface area contributed by atoms with Gasteiger partial charge in [-0.2, -0.15) is 0 Å². The van der Waals surface area contributed by atoms with E-state index in [9.17, 15) is 9.59 Å². The molecule has 6 heteroatoms. The molecule has 0 saturated carbocycles. The highest BCUT2D eigenvalue weighted by Gasteiger charge is 2.10. The second kappa shape index (κ2) is 8.60. The lowest BCUT2D eigenvalue weighted by atomic mass is 10.2. The fourth-order valence-corrected chi connectivity index (χ4v) is 2.44. The highest BCUT2D eigenvalue weighted by Crippen LogP contribution is 2.15. The molecule has 0 aliphatic rings. The number of rotatable bonds is 6. The zero-order valence-electron chi connectivity index (χ0n) is 12.5. The van der Waals surface area contributed by atoms with Gasteiger partial charge < -0.3 is 10.1 Å². The van der Waals surface area contributed by atoms with E-state index in [1.165, 1.54) is 0 Å². The Morgan fingerprint density at radius 3 is 2.48 bits per heavy atom. The van der Waals surface area contributed by atoms with E-state index < -0.39 is 5.97 Å². The predicted molar refractivity (Wildman–Crippen MR) is 91.8 cm³/mol. The van der Waals surface area contributed by atoms with Crippen molar-refractivity contribution < 1.29 is 14.3 Å². The molecule has 23 heavy (non-hydrogen) atoms. The molecule has 0 aliphatic carbocycles. The van der Waals surface area contributed by atoms with Crippen LogP contribution >= 0.6 is 23.4 Å². The Morgan fingerprint density at radius 2 is 1.83 bits per heavy atom. The minimum Gasteiger partial charge on any atom is -0.452 e. The van der Waals surface area contributed by atoms with Crippen molar-refractivity contribution in [2.24, 2.45) is 0 Å². The van der Waals surface area contributed by atoms with Crippen molar-refractivity contribution in [2.75, 3.05) is 12.9 Å². The molecule has 0 heterocycles. The van der Waals surface area contributed by atoms with Crippen LogP contribution < -0.4 is 5.32 Å². The lowest BCUT2D eigenvalue weighted by Crippen LogP contribution is -2.28. The Balaban J connectivity index is 1.79. The molecule has 0 saturated heterocycles. The maximum absolute atomic E-state index is 11.8. The first-order valence-electron chi connectivity index (χ1n) is 6.91. The van der Waals surface area contributed by atoms with Crippen molar-refractivity contribution in [3.63, 3.8) is 0 Å². The smallest absolute Gasteiger partial charge is 0.338 e. The molecule has 0 fully saturated rings. The molecule has 120 valence electrons. The van der Waals surface area contributed by atoms with Crippen molar-refractivity contribution in [1.29, 1.82) is 0 Å². The molecule has 0 unspecified atom stereocenters. The average Bonchev–Trinajstić information content (AvgIpc) is 2.59. The second-order valence-corrected chi connectivity index (χ2v) is 5.96. The topological polar surface area (TPSA) is 55.4 Å². The van der Waals surface area contributed by atoms with Crippen LogP contribution in [0.4, 0.5) is 0 Å². The molecule has 4 nitrogen and oxygen atoms in total. The van der Waals surface area contributed by atoms with Gasteiger partial charge in [0, 0.05) is 16.5 Å². The molecule has 2 rings (SSSR count). The van der Waals surface area contributed by atoms with Gasteiger partial charge in [0.25, 0.3) is 5.91 Å². The number of thioether (sulfide) groups is 1. The summed E-state index contributed by atoms with van der Waals surface area (Å²) in [4.78, 5) is 24.6. The molecule has 0 radical (unpaired) electrons. The Bertz CT molecular complexity index is 688. The van der Waals surface area contributed by atoms with Crippen LogP contribution in [0.25, 0.3) is 0 Å². The Kier molecular flexibility index (Phi) is 6.50. The van der Waals surface area contributed by atoms with Crippen molar-refractivity contribution in [2.45, 2.75) is 11.4 Å². The number of nitrogens with one attached hydrogen (secondary N) is 1. The lowest BCUT2D eigenvalue weighted by Gasteiger charge is -2.08. The molecular formula is C17H16ClNO3S. The van der Waals surface area contributed by atoms with Gasteiger partial charge in [-0.25, -0.2) is 4.79 Å². The van der Waals surface area contributed by atoms with Gasteiger partial charge in [0.05, 0.1) is 5.56 Å². The number of ether oxygens (including phenoxy) is 1. The SMILES string of the molecule is CSc1ccc(C(=O)OCC(=O)NCc2ccccc2Cl)cc1. The van der Waals surface area contributed by atoms with Gasteiger partial charge >= 0.3 is 5.97 Å². The van der Waals surface area contributed by atoms with E-state index in [0.717, 1.165) is 10.5 Å². The van der Waals surface area contributed by atoms with Crippen LogP contribution in [0, 0.1) is 0 Å². The Hall–Kier alpha value is -1.98. The third-order valence-corrected chi connectivity index (χ3v) is 4.21. The normalized spacial score (nSPS) is 10.2. The highest BCUT2D eigenvalue weighted by atomic mass is 35.5. The van der Waals surface area contributed by atoms with Crippen molar-refractivity contribution >= 4 is 35.2 Å². The summed E-state index contributed by atoms with van der Waals surface area (Å²) < 4.78 is 4.99. The first-order chi connectivity index (χ1) is 11.1. The minimum atomic E-state index is -0.523. The van der Waals surface area contributed by atoms with Gasteiger partial charge in [-0.15, -0.1) is 11.8 Å². The lowest BCUT2D eigenvalue weighted by molar-refractivity contribution is -0.124. The Labute approximate surface area is 144 Å². The average molecular weight is 350 g/mol. The van der Waals surface area contributed by atoms with Crippen LogP contribution in [0.15, 0.2) is 53.4 Å². The molecule has 0 aliphatic heterocycles. The van der Waals surface area contributed by atoms with Crippen molar-refractivity contribution in [3.8, 4) is 0 Å². The molecule has 0 atom stereocenters. The first kappa shape index (κ1) is 17.4. The van der Waals surface area contributed by atoms with Gasteiger partial charge in [0.15, 0.2) is 6.61 Å². The van der Waals surface area contributed by atoms with E-state index in [1.807, 2.05) is 36.6 Å². The molecule has 0 bridgehead atoms. The quantitative estimate of drug-likeness (QED) is 0.640. The summed E-state index contributed by atoms with van der Waals surface area (Å²) >= 11 is 7.59. The molecule has 0 aromatic heterocycles. The van der Waals surface area contributed by atoms with E-state index in [0.29, 0.717) is 17.1 Å². The fraction of sp³-hybridized carbons (Fsp3) is 0.176. The molecule has 1 amide bonds. The molecule has 2 aromatic carbocycles. The fourth-order valence-electron chi connectivity index (χ4n) is 1.83. The summed E-state index contributed by atoms with van der Waals surface area (Å²) in [6, 6.07) is 14.2. The van der Waals surface area contributed by atoms with E-state index in [-0.39, 0.29) is 12.5 Å². The number of carbonyl (C=O) groups is 2. The second-order valence-electron chi connectivity index (χ2n) is 4.67. The minimum absolute atomic E-state index is 0.290. The van der Waals surface area contributed by atoms with Crippen LogP contribution in [-0.2, 0) is 16.1 Å². The maximum atomic E-state index is 11.8. The van der Waals surface area contributed by atoms with E-state index >= 15 is 0 Å². The van der Waals surface area contributed by atoms with E-state index in [2.05, 4.69) is 5.32 Å². The zero-order chi connectivity index (χ0) is 16.7. The van der Waals surface area contributed by atoms with Crippen molar-refractivity contribution in [3.05, 3.63) is 64.7 Å². The van der Waals surface area contributed by atoms with Gasteiger partial charge in [-0.05, 0) is 42.2 Å². The number of hydrogen-bond donors (Lipinski definition) is 1. The monoisotopic (exact) mass is 349 g/mol. The van der Waals surface area contributed by atoms with Crippen molar-refractivity contribution in [1.82, 2.24) is 5.32 Å². The van der Waals surface area contributed by atoms with Gasteiger partial charge in [0.2, 0.25) is 0 Å². The van der Waals surface area contributed by atoms with Gasteiger partial charge in [-0.3, -0.25) is 4.79 Å². The Morgan fingerprint density at radius 1 is 1.13 bits per heavy atom. The molecule has 1 N–H and O–H groups in total. The van der Waals surface area contributed by atoms with Crippen LogP contribution in [0.2, 0.25) is 5.02 Å². The van der Waals surface area contributed by atoms with Crippen LogP contribution in [-0.4, -0.2) is 24.7 Å². The molecule has 2 aromatic rings. The van der Waals surface area contributed by atoms with Crippen LogP contribution in [0.3, 0.4) is 0 Å². The third kappa shape index (κ3) is 5.30. The standard InChI is InChI=1S/C17H16ClNO3S/c1-23-14-8-6-12(7-9-14)17(21)22-11-16(20)19-10-13-4-2-3-5-15(13)18/h2-9H,10-11H2,1H3,(H,19,20). The van der Waals surface area contributed by atoms with Gasteiger partial charge in [-0.1, -0.05) is 29.8 Å². The molecule has 0 spiro atoms. The first-order valence-corrected chi connectivity index (χ1v) is 8.51. The highest BCUT2D eigenvalue weighted by molar-refractivity contribution is 7.98. The summed E-state index contributed by atoms with van der Waals surface area (Å²) in [7, 11) is 0. The number of benzene rings is 2.